The highest BCUT2D eigenvalue weighted by atomic mass is 16.1. The third-order valence-corrected chi connectivity index (χ3v) is 3.72. The summed E-state index contributed by atoms with van der Waals surface area (Å²) >= 11 is 0. The van der Waals surface area contributed by atoms with Crippen LogP contribution in [0, 0.1) is 0 Å². The maximum absolute atomic E-state index is 12.3. The van der Waals surface area contributed by atoms with Gasteiger partial charge in [-0.3, -0.25) is 4.79 Å². The molecule has 0 atom stereocenters. The van der Waals surface area contributed by atoms with E-state index in [1.54, 1.807) is 0 Å². The average molecular weight is 281 g/mol. The minimum Gasteiger partial charge on any atom is -0.384 e. The molecule has 0 fully saturated rings. The van der Waals surface area contributed by atoms with E-state index in [0.717, 1.165) is 30.0 Å². The molecular formula is C17H19N3O. The molecule has 3 rings (SSSR count). The van der Waals surface area contributed by atoms with Crippen molar-refractivity contribution in [3.05, 3.63) is 53.6 Å². The molecule has 1 amide bonds. The molecule has 4 heteroatoms. The van der Waals surface area contributed by atoms with Gasteiger partial charge in [0.1, 0.15) is 0 Å². The molecule has 0 unspecified atom stereocenters. The van der Waals surface area contributed by atoms with Crippen LogP contribution >= 0.6 is 0 Å². The van der Waals surface area contributed by atoms with Crippen molar-refractivity contribution in [2.75, 3.05) is 36.2 Å². The molecule has 21 heavy (non-hydrogen) atoms. The molecule has 2 aromatic rings. The Balaban J connectivity index is 1.74. The summed E-state index contributed by atoms with van der Waals surface area (Å²) in [4.78, 5) is 14.3. The fourth-order valence-electron chi connectivity index (χ4n) is 2.48. The molecule has 4 nitrogen and oxygen atoms in total. The van der Waals surface area contributed by atoms with Gasteiger partial charge >= 0.3 is 0 Å². The second-order valence-corrected chi connectivity index (χ2v) is 5.44. The standard InChI is InChI=1S/C17H19N3O/c1-20(2)15-7-4-13(5-8-15)17(21)19-14-6-3-12-9-10-18-16(12)11-14/h3-8,11,18H,9-10H2,1-2H3,(H,19,21). The summed E-state index contributed by atoms with van der Waals surface area (Å²) < 4.78 is 0. The predicted molar refractivity (Wildman–Crippen MR) is 87.4 cm³/mol. The maximum Gasteiger partial charge on any atom is 0.255 e. The highest BCUT2D eigenvalue weighted by Gasteiger charge is 2.12. The second kappa shape index (κ2) is 5.48. The number of fused-ring (bicyclic) bond motifs is 1. The van der Waals surface area contributed by atoms with Gasteiger partial charge in [-0.15, -0.1) is 0 Å². The van der Waals surface area contributed by atoms with Crippen LogP contribution in [0.4, 0.5) is 17.1 Å². The van der Waals surface area contributed by atoms with Gasteiger partial charge in [-0.05, 0) is 48.4 Å². The summed E-state index contributed by atoms with van der Waals surface area (Å²) in [6.45, 7) is 0.971. The monoisotopic (exact) mass is 281 g/mol. The van der Waals surface area contributed by atoms with E-state index in [4.69, 9.17) is 0 Å². The van der Waals surface area contributed by atoms with Gasteiger partial charge in [0.05, 0.1) is 0 Å². The summed E-state index contributed by atoms with van der Waals surface area (Å²) in [5.41, 5.74) is 4.99. The molecule has 2 N–H and O–H groups in total. The number of rotatable bonds is 3. The van der Waals surface area contributed by atoms with Crippen LogP contribution < -0.4 is 15.5 Å². The summed E-state index contributed by atoms with van der Waals surface area (Å²) in [5, 5.41) is 6.26. The molecule has 1 heterocycles. The lowest BCUT2D eigenvalue weighted by molar-refractivity contribution is 0.102. The van der Waals surface area contributed by atoms with Gasteiger partial charge in [-0.1, -0.05) is 6.07 Å². The smallest absolute Gasteiger partial charge is 0.255 e. The van der Waals surface area contributed by atoms with Crippen molar-refractivity contribution in [2.24, 2.45) is 0 Å². The zero-order valence-corrected chi connectivity index (χ0v) is 12.3. The topological polar surface area (TPSA) is 44.4 Å². The first-order chi connectivity index (χ1) is 10.1. The Morgan fingerprint density at radius 3 is 2.62 bits per heavy atom. The minimum atomic E-state index is -0.0850. The molecule has 0 aromatic heterocycles. The van der Waals surface area contributed by atoms with Gasteiger partial charge in [0.15, 0.2) is 0 Å². The Morgan fingerprint density at radius 2 is 1.90 bits per heavy atom. The van der Waals surface area contributed by atoms with Gasteiger partial charge < -0.3 is 15.5 Å². The summed E-state index contributed by atoms with van der Waals surface area (Å²) in [6, 6.07) is 13.6. The second-order valence-electron chi connectivity index (χ2n) is 5.44. The number of anilines is 3. The summed E-state index contributed by atoms with van der Waals surface area (Å²) in [5.74, 6) is -0.0850. The van der Waals surface area contributed by atoms with E-state index in [0.29, 0.717) is 5.56 Å². The first-order valence-electron chi connectivity index (χ1n) is 7.09. The zero-order chi connectivity index (χ0) is 14.8. The molecule has 1 aliphatic rings. The third-order valence-electron chi connectivity index (χ3n) is 3.72. The Morgan fingerprint density at radius 1 is 1.14 bits per heavy atom. The molecule has 0 bridgehead atoms. The van der Waals surface area contributed by atoms with Gasteiger partial charge in [0.25, 0.3) is 5.91 Å². The number of nitrogens with zero attached hydrogens (tertiary/aromatic N) is 1. The van der Waals surface area contributed by atoms with Gasteiger partial charge in [-0.2, -0.15) is 0 Å². The van der Waals surface area contributed by atoms with E-state index >= 15 is 0 Å². The number of hydrogen-bond donors (Lipinski definition) is 2. The van der Waals surface area contributed by atoms with Crippen LogP contribution in [0.5, 0.6) is 0 Å². The molecule has 2 aromatic carbocycles. The summed E-state index contributed by atoms with van der Waals surface area (Å²) in [6.07, 6.45) is 1.05. The lowest BCUT2D eigenvalue weighted by Gasteiger charge is -2.13. The predicted octanol–water partition coefficient (Wildman–Crippen LogP) is 2.97. The molecule has 0 spiro atoms. The lowest BCUT2D eigenvalue weighted by Crippen LogP contribution is -2.13. The van der Waals surface area contributed by atoms with Crippen molar-refractivity contribution >= 4 is 23.0 Å². The molecule has 0 saturated carbocycles. The molecule has 0 radical (unpaired) electrons. The SMILES string of the molecule is CN(C)c1ccc(C(=O)Nc2ccc3c(c2)NCC3)cc1. The molecule has 0 aliphatic carbocycles. The van der Waals surface area contributed by atoms with Crippen molar-refractivity contribution in [2.45, 2.75) is 6.42 Å². The van der Waals surface area contributed by atoms with E-state index in [9.17, 15) is 4.79 Å². The van der Waals surface area contributed by atoms with Crippen LogP contribution in [0.3, 0.4) is 0 Å². The van der Waals surface area contributed by atoms with Crippen molar-refractivity contribution in [1.82, 2.24) is 0 Å². The zero-order valence-electron chi connectivity index (χ0n) is 12.3. The number of carbonyl (C=O) groups is 1. The van der Waals surface area contributed by atoms with Crippen LogP contribution in [-0.4, -0.2) is 26.5 Å². The van der Waals surface area contributed by atoms with E-state index < -0.39 is 0 Å². The summed E-state index contributed by atoms with van der Waals surface area (Å²) in [7, 11) is 3.96. The maximum atomic E-state index is 12.3. The fraction of sp³-hybridized carbons (Fsp3) is 0.235. The van der Waals surface area contributed by atoms with Gasteiger partial charge in [0, 0.05) is 43.3 Å². The Kier molecular flexibility index (Phi) is 3.52. The Bertz CT molecular complexity index is 662. The number of hydrogen-bond acceptors (Lipinski definition) is 3. The third kappa shape index (κ3) is 2.84. The number of nitrogens with one attached hydrogen (secondary N) is 2. The highest BCUT2D eigenvalue weighted by Crippen LogP contribution is 2.26. The minimum absolute atomic E-state index is 0.0850. The highest BCUT2D eigenvalue weighted by molar-refractivity contribution is 6.04. The van der Waals surface area contributed by atoms with Crippen LogP contribution in [0.15, 0.2) is 42.5 Å². The van der Waals surface area contributed by atoms with Crippen LogP contribution in [0.2, 0.25) is 0 Å². The largest absolute Gasteiger partial charge is 0.384 e. The van der Waals surface area contributed by atoms with Crippen molar-refractivity contribution in [3.63, 3.8) is 0 Å². The van der Waals surface area contributed by atoms with E-state index in [1.807, 2.05) is 55.4 Å². The van der Waals surface area contributed by atoms with Crippen molar-refractivity contribution in [3.8, 4) is 0 Å². The Hall–Kier alpha value is -2.49. The quantitative estimate of drug-likeness (QED) is 0.909. The number of amides is 1. The lowest BCUT2D eigenvalue weighted by atomic mass is 10.1. The van der Waals surface area contributed by atoms with E-state index in [2.05, 4.69) is 16.7 Å². The molecular weight excluding hydrogens is 262 g/mol. The van der Waals surface area contributed by atoms with E-state index in [1.165, 1.54) is 5.56 Å². The van der Waals surface area contributed by atoms with Crippen LogP contribution in [0.25, 0.3) is 0 Å². The molecule has 1 aliphatic heterocycles. The van der Waals surface area contributed by atoms with Gasteiger partial charge in [0.2, 0.25) is 0 Å². The molecule has 0 saturated heterocycles. The first kappa shape index (κ1) is 13.5. The fourth-order valence-corrected chi connectivity index (χ4v) is 2.48. The first-order valence-corrected chi connectivity index (χ1v) is 7.09. The van der Waals surface area contributed by atoms with Crippen LogP contribution in [-0.2, 0) is 6.42 Å². The Labute approximate surface area is 124 Å². The van der Waals surface area contributed by atoms with Crippen molar-refractivity contribution < 1.29 is 4.79 Å². The van der Waals surface area contributed by atoms with E-state index in [-0.39, 0.29) is 5.91 Å². The number of benzene rings is 2. The number of carbonyl (C=O) groups excluding carboxylic acids is 1. The van der Waals surface area contributed by atoms with Gasteiger partial charge in [-0.25, -0.2) is 0 Å². The molecule has 108 valence electrons. The van der Waals surface area contributed by atoms with Crippen LogP contribution in [0.1, 0.15) is 15.9 Å². The normalized spacial score (nSPS) is 12.5. The van der Waals surface area contributed by atoms with Crippen molar-refractivity contribution in [1.29, 1.82) is 0 Å². The average Bonchev–Trinajstić information content (AvgIpc) is 2.95.